The molecule has 2 rings (SSSR count). The van der Waals surface area contributed by atoms with Crippen LogP contribution in [0.2, 0.25) is 0 Å². The zero-order chi connectivity index (χ0) is 15.1. The largest absolute Gasteiger partial charge is 0.397 e. The van der Waals surface area contributed by atoms with Crippen LogP contribution in [0.5, 0.6) is 0 Å². The topological polar surface area (TPSA) is 66.6 Å². The first-order chi connectivity index (χ1) is 10.2. The molecule has 0 aliphatic heterocycles. The minimum Gasteiger partial charge on any atom is -0.397 e. The highest BCUT2D eigenvalue weighted by Crippen LogP contribution is 2.23. The van der Waals surface area contributed by atoms with Crippen LogP contribution in [-0.2, 0) is 11.2 Å². The van der Waals surface area contributed by atoms with Gasteiger partial charge in [0.2, 0.25) is 5.91 Å². The van der Waals surface area contributed by atoms with Crippen molar-refractivity contribution < 1.29 is 9.90 Å². The summed E-state index contributed by atoms with van der Waals surface area (Å²) >= 11 is 0. The van der Waals surface area contributed by atoms with Crippen molar-refractivity contribution in [1.29, 1.82) is 0 Å². The first-order valence-corrected chi connectivity index (χ1v) is 7.02. The number of carbonyl (C=O) groups is 1. The number of aliphatic hydroxyl groups is 1. The molecule has 0 aliphatic carbocycles. The van der Waals surface area contributed by atoms with Crippen LogP contribution < -0.4 is 10.6 Å². The van der Waals surface area contributed by atoms with Crippen LogP contribution in [-0.4, -0.2) is 24.2 Å². The average molecular weight is 284 g/mol. The van der Waals surface area contributed by atoms with Crippen LogP contribution in [0, 0.1) is 0 Å². The second-order valence-electron chi connectivity index (χ2n) is 4.81. The summed E-state index contributed by atoms with van der Waals surface area (Å²) < 4.78 is 0. The molecular weight excluding hydrogens is 264 g/mol. The molecule has 0 aliphatic rings. The van der Waals surface area contributed by atoms with Crippen LogP contribution in [0.15, 0.2) is 54.6 Å². The maximum Gasteiger partial charge on any atom is 0.227 e. The number of nitrogen functional groups attached to an aromatic ring is 1. The number of carbonyl (C=O) groups excluding carboxylic acids is 1. The molecule has 4 heteroatoms. The van der Waals surface area contributed by atoms with Crippen molar-refractivity contribution in [3.8, 4) is 0 Å². The Balaban J connectivity index is 2.08. The summed E-state index contributed by atoms with van der Waals surface area (Å²) in [5, 5.41) is 9.19. The van der Waals surface area contributed by atoms with Crippen LogP contribution in [0.25, 0.3) is 0 Å². The fourth-order valence-corrected chi connectivity index (χ4v) is 2.24. The number of aryl methyl sites for hydroxylation is 1. The highest BCUT2D eigenvalue weighted by Gasteiger charge is 2.16. The van der Waals surface area contributed by atoms with Gasteiger partial charge >= 0.3 is 0 Å². The number of nitrogens with zero attached hydrogens (tertiary/aromatic N) is 1. The second-order valence-corrected chi connectivity index (χ2v) is 4.81. The van der Waals surface area contributed by atoms with E-state index in [0.717, 1.165) is 5.56 Å². The first kappa shape index (κ1) is 15.1. The van der Waals surface area contributed by atoms with Gasteiger partial charge in [0.1, 0.15) is 0 Å². The molecule has 110 valence electrons. The number of benzene rings is 2. The average Bonchev–Trinajstić information content (AvgIpc) is 2.52. The Morgan fingerprint density at radius 1 is 1.05 bits per heavy atom. The lowest BCUT2D eigenvalue weighted by molar-refractivity contribution is -0.118. The minimum absolute atomic E-state index is 0.0363. The molecule has 1 amide bonds. The molecule has 0 spiro atoms. The Hall–Kier alpha value is -2.33. The Morgan fingerprint density at radius 2 is 1.71 bits per heavy atom. The summed E-state index contributed by atoms with van der Waals surface area (Å²) in [5.41, 5.74) is 8.24. The van der Waals surface area contributed by atoms with Gasteiger partial charge in [0.25, 0.3) is 0 Å². The van der Waals surface area contributed by atoms with Crippen LogP contribution in [0.4, 0.5) is 11.4 Å². The number of amides is 1. The van der Waals surface area contributed by atoms with E-state index in [-0.39, 0.29) is 19.1 Å². The summed E-state index contributed by atoms with van der Waals surface area (Å²) in [6, 6.07) is 17.1. The van der Waals surface area contributed by atoms with E-state index in [4.69, 9.17) is 5.73 Å². The number of nitrogens with two attached hydrogens (primary N) is 1. The zero-order valence-corrected chi connectivity index (χ0v) is 11.9. The zero-order valence-electron chi connectivity index (χ0n) is 11.9. The molecule has 4 nitrogen and oxygen atoms in total. The molecule has 2 aromatic carbocycles. The summed E-state index contributed by atoms with van der Waals surface area (Å²) in [4.78, 5) is 14.0. The Morgan fingerprint density at radius 3 is 2.38 bits per heavy atom. The molecule has 0 fully saturated rings. The van der Waals surface area contributed by atoms with E-state index in [9.17, 15) is 9.90 Å². The highest BCUT2D eigenvalue weighted by molar-refractivity contribution is 5.96. The van der Waals surface area contributed by atoms with Gasteiger partial charge in [0.15, 0.2) is 0 Å². The van der Waals surface area contributed by atoms with Crippen molar-refractivity contribution in [1.82, 2.24) is 0 Å². The summed E-state index contributed by atoms with van der Waals surface area (Å²) in [5.74, 6) is -0.0363. The smallest absolute Gasteiger partial charge is 0.227 e. The lowest BCUT2D eigenvalue weighted by Gasteiger charge is -2.23. The summed E-state index contributed by atoms with van der Waals surface area (Å²) in [6.45, 7) is 0.160. The quantitative estimate of drug-likeness (QED) is 0.799. The van der Waals surface area contributed by atoms with Gasteiger partial charge in [-0.2, -0.15) is 0 Å². The number of para-hydroxylation sites is 2. The van der Waals surface area contributed by atoms with E-state index in [1.807, 2.05) is 42.5 Å². The van der Waals surface area contributed by atoms with E-state index < -0.39 is 0 Å². The molecular formula is C17H20N2O2. The third kappa shape index (κ3) is 4.07. The fraction of sp³-hybridized carbons (Fsp3) is 0.235. The van der Waals surface area contributed by atoms with Crippen LogP contribution in [0.1, 0.15) is 12.0 Å². The minimum atomic E-state index is -0.0919. The van der Waals surface area contributed by atoms with Gasteiger partial charge in [-0.05, 0) is 24.1 Å². The van der Waals surface area contributed by atoms with E-state index >= 15 is 0 Å². The lowest BCUT2D eigenvalue weighted by Crippen LogP contribution is -2.34. The van der Waals surface area contributed by atoms with Crippen LogP contribution >= 0.6 is 0 Å². The highest BCUT2D eigenvalue weighted by atomic mass is 16.3. The van der Waals surface area contributed by atoms with Gasteiger partial charge in [-0.3, -0.25) is 4.79 Å². The maximum atomic E-state index is 12.4. The number of rotatable bonds is 6. The fourth-order valence-electron chi connectivity index (χ4n) is 2.24. The van der Waals surface area contributed by atoms with Crippen molar-refractivity contribution >= 4 is 17.3 Å². The van der Waals surface area contributed by atoms with Gasteiger partial charge in [0, 0.05) is 13.0 Å². The number of hydrogen-bond acceptors (Lipinski definition) is 3. The molecule has 0 atom stereocenters. The molecule has 2 aromatic rings. The molecule has 0 radical (unpaired) electrons. The SMILES string of the molecule is Nc1ccccc1N(CCO)C(=O)CCc1ccccc1. The number of anilines is 2. The Labute approximate surface area is 124 Å². The molecule has 0 unspecified atom stereocenters. The van der Waals surface area contributed by atoms with Gasteiger partial charge in [0.05, 0.1) is 18.0 Å². The molecule has 3 N–H and O–H groups in total. The number of aliphatic hydroxyl groups excluding tert-OH is 1. The van der Waals surface area contributed by atoms with E-state index in [1.54, 1.807) is 17.0 Å². The van der Waals surface area contributed by atoms with Gasteiger partial charge in [-0.1, -0.05) is 42.5 Å². The molecule has 0 saturated heterocycles. The normalized spacial score (nSPS) is 10.3. The van der Waals surface area contributed by atoms with Gasteiger partial charge in [-0.15, -0.1) is 0 Å². The van der Waals surface area contributed by atoms with Crippen molar-refractivity contribution in [3.63, 3.8) is 0 Å². The van der Waals surface area contributed by atoms with Crippen molar-refractivity contribution in [2.24, 2.45) is 0 Å². The van der Waals surface area contributed by atoms with Crippen molar-refractivity contribution in [2.45, 2.75) is 12.8 Å². The Bertz CT molecular complexity index is 584. The standard InChI is InChI=1S/C17H20N2O2/c18-15-8-4-5-9-16(15)19(12-13-20)17(21)11-10-14-6-2-1-3-7-14/h1-9,20H,10-13,18H2. The van der Waals surface area contributed by atoms with Crippen molar-refractivity contribution in [3.05, 3.63) is 60.2 Å². The monoisotopic (exact) mass is 284 g/mol. The molecule has 0 bridgehead atoms. The van der Waals surface area contributed by atoms with Gasteiger partial charge in [-0.25, -0.2) is 0 Å². The molecule has 0 aromatic heterocycles. The van der Waals surface area contributed by atoms with Crippen LogP contribution in [0.3, 0.4) is 0 Å². The first-order valence-electron chi connectivity index (χ1n) is 7.02. The maximum absolute atomic E-state index is 12.4. The molecule has 0 heterocycles. The van der Waals surface area contributed by atoms with E-state index in [1.165, 1.54) is 0 Å². The summed E-state index contributed by atoms with van der Waals surface area (Å²) in [7, 11) is 0. The second kappa shape index (κ2) is 7.45. The van der Waals surface area contributed by atoms with E-state index in [0.29, 0.717) is 24.2 Å². The van der Waals surface area contributed by atoms with Crippen molar-refractivity contribution in [2.75, 3.05) is 23.8 Å². The lowest BCUT2D eigenvalue weighted by atomic mass is 10.1. The third-order valence-corrected chi connectivity index (χ3v) is 3.32. The predicted molar refractivity (Wildman–Crippen MR) is 85.1 cm³/mol. The van der Waals surface area contributed by atoms with Gasteiger partial charge < -0.3 is 15.7 Å². The predicted octanol–water partition coefficient (Wildman–Crippen LogP) is 2.23. The summed E-state index contributed by atoms with van der Waals surface area (Å²) in [6.07, 6.45) is 1.06. The Kier molecular flexibility index (Phi) is 5.35. The van der Waals surface area contributed by atoms with E-state index in [2.05, 4.69) is 0 Å². The molecule has 0 saturated carbocycles. The third-order valence-electron chi connectivity index (χ3n) is 3.32. The molecule has 21 heavy (non-hydrogen) atoms. The number of hydrogen-bond donors (Lipinski definition) is 2.